The number of fused-ring (bicyclic) bond motifs is 2. The fraction of sp³-hybridized carbons (Fsp3) is 0.731. The first-order valence-corrected chi connectivity index (χ1v) is 12.6. The van der Waals surface area contributed by atoms with Crippen molar-refractivity contribution in [1.82, 2.24) is 9.80 Å². The number of ether oxygens (including phenoxy) is 2. The number of amides is 2. The van der Waals surface area contributed by atoms with Gasteiger partial charge in [-0.1, -0.05) is 51.5 Å². The number of likely N-dealkylation sites (tertiary alicyclic amines) is 1. The van der Waals surface area contributed by atoms with E-state index in [0.29, 0.717) is 13.0 Å². The third-order valence-corrected chi connectivity index (χ3v) is 8.04. The average molecular weight is 475 g/mol. The molecule has 4 aliphatic heterocycles. The van der Waals surface area contributed by atoms with Gasteiger partial charge in [0.25, 0.3) is 0 Å². The van der Waals surface area contributed by atoms with Crippen LogP contribution in [0.4, 0.5) is 0 Å². The molecular formula is C26H38N2O6. The third-order valence-electron chi connectivity index (χ3n) is 8.04. The highest BCUT2D eigenvalue weighted by molar-refractivity contribution is 5.99. The molecule has 4 rings (SSSR count). The number of cyclic esters (lactones) is 1. The van der Waals surface area contributed by atoms with Crippen molar-refractivity contribution in [3.63, 3.8) is 0 Å². The van der Waals surface area contributed by atoms with E-state index in [1.54, 1.807) is 11.8 Å². The second-order valence-electron chi connectivity index (χ2n) is 10.6. The second-order valence-corrected chi connectivity index (χ2v) is 10.6. The lowest BCUT2D eigenvalue weighted by molar-refractivity contribution is -0.163. The van der Waals surface area contributed by atoms with Gasteiger partial charge in [0.05, 0.1) is 30.8 Å². The van der Waals surface area contributed by atoms with Crippen molar-refractivity contribution in [3.8, 4) is 0 Å². The predicted octanol–water partition coefficient (Wildman–Crippen LogP) is 2.06. The number of hydrogen-bond donors (Lipinski definition) is 1. The number of carbonyl (C=O) groups excluding carboxylic acids is 3. The van der Waals surface area contributed by atoms with Gasteiger partial charge in [-0.3, -0.25) is 14.4 Å². The molecule has 7 atom stereocenters. The van der Waals surface area contributed by atoms with Crippen molar-refractivity contribution in [3.05, 3.63) is 24.3 Å². The van der Waals surface area contributed by atoms with E-state index in [0.717, 1.165) is 12.8 Å². The van der Waals surface area contributed by atoms with Crippen molar-refractivity contribution < 1.29 is 29.0 Å². The quantitative estimate of drug-likeness (QED) is 0.468. The maximum atomic E-state index is 14.2. The topological polar surface area (TPSA) is 96.4 Å². The Morgan fingerprint density at radius 2 is 1.85 bits per heavy atom. The normalized spacial score (nSPS) is 37.0. The first-order valence-electron chi connectivity index (χ1n) is 12.6. The van der Waals surface area contributed by atoms with Gasteiger partial charge >= 0.3 is 5.97 Å². The minimum absolute atomic E-state index is 0.0181. The van der Waals surface area contributed by atoms with Crippen molar-refractivity contribution in [2.75, 3.05) is 19.8 Å². The molecular weight excluding hydrogens is 436 g/mol. The first kappa shape index (κ1) is 24.9. The molecule has 2 unspecified atom stereocenters. The molecule has 0 aromatic carbocycles. The summed E-state index contributed by atoms with van der Waals surface area (Å²) in [7, 11) is 0. The van der Waals surface area contributed by atoms with Gasteiger partial charge in [0.1, 0.15) is 17.6 Å². The predicted molar refractivity (Wildman–Crippen MR) is 125 cm³/mol. The largest absolute Gasteiger partial charge is 0.465 e. The Morgan fingerprint density at radius 1 is 1.12 bits per heavy atom. The van der Waals surface area contributed by atoms with Crippen LogP contribution in [0.15, 0.2) is 24.3 Å². The Hall–Kier alpha value is -2.19. The van der Waals surface area contributed by atoms with Crippen LogP contribution in [-0.2, 0) is 23.9 Å². The van der Waals surface area contributed by atoms with E-state index in [2.05, 4.69) is 6.92 Å². The minimum Gasteiger partial charge on any atom is -0.465 e. The highest BCUT2D eigenvalue weighted by Crippen LogP contribution is 2.57. The number of aliphatic hydroxyl groups excluding tert-OH is 1. The van der Waals surface area contributed by atoms with Gasteiger partial charge in [0.15, 0.2) is 0 Å². The molecule has 0 aliphatic carbocycles. The smallest absolute Gasteiger partial charge is 0.313 e. The van der Waals surface area contributed by atoms with E-state index >= 15 is 0 Å². The molecule has 2 amide bonds. The number of esters is 1. The Balaban J connectivity index is 1.90. The van der Waals surface area contributed by atoms with Crippen molar-refractivity contribution in [1.29, 1.82) is 0 Å². The molecule has 2 fully saturated rings. The molecule has 2 saturated heterocycles. The average Bonchev–Trinajstić information content (AvgIpc) is 3.08. The number of nitrogens with zero attached hydrogens (tertiary/aromatic N) is 2. The second kappa shape index (κ2) is 9.11. The van der Waals surface area contributed by atoms with E-state index in [1.807, 2.05) is 45.1 Å². The van der Waals surface area contributed by atoms with Gasteiger partial charge in [-0.05, 0) is 32.6 Å². The zero-order valence-electron chi connectivity index (χ0n) is 20.9. The molecule has 0 saturated carbocycles. The summed E-state index contributed by atoms with van der Waals surface area (Å²) in [5.74, 6) is -2.90. The molecule has 4 heterocycles. The summed E-state index contributed by atoms with van der Waals surface area (Å²) in [5.41, 5.74) is -2.40. The maximum Gasteiger partial charge on any atom is 0.313 e. The monoisotopic (exact) mass is 474 g/mol. The molecule has 8 heteroatoms. The number of aliphatic hydroxyl groups is 1. The Labute approximate surface area is 201 Å². The number of hydrogen-bond acceptors (Lipinski definition) is 6. The molecule has 0 radical (unpaired) electrons. The summed E-state index contributed by atoms with van der Waals surface area (Å²) in [5, 5.41) is 10.3. The minimum atomic E-state index is -1.32. The summed E-state index contributed by atoms with van der Waals surface area (Å²) >= 11 is 0. The van der Waals surface area contributed by atoms with E-state index in [-0.39, 0.29) is 37.0 Å². The molecule has 0 aromatic rings. The van der Waals surface area contributed by atoms with Crippen LogP contribution < -0.4 is 0 Å². The SMILES string of the molecule is CCCC(C)N1CC=C[C@]23O[C@]4(C)C=CCCOC(=O)[C@@H]4[C@H]2C(=O)N([C@@H](CO)C(C)C)C3C1=O. The van der Waals surface area contributed by atoms with Gasteiger partial charge < -0.3 is 24.4 Å². The van der Waals surface area contributed by atoms with Crippen LogP contribution in [0.2, 0.25) is 0 Å². The van der Waals surface area contributed by atoms with Gasteiger partial charge in [-0.25, -0.2) is 0 Å². The molecule has 4 aliphatic rings. The van der Waals surface area contributed by atoms with Crippen LogP contribution in [0.25, 0.3) is 0 Å². The summed E-state index contributed by atoms with van der Waals surface area (Å²) in [4.78, 5) is 44.9. The van der Waals surface area contributed by atoms with Crippen LogP contribution >= 0.6 is 0 Å². The zero-order chi connectivity index (χ0) is 24.8. The highest BCUT2D eigenvalue weighted by Gasteiger charge is 2.75. The van der Waals surface area contributed by atoms with Crippen molar-refractivity contribution in [2.45, 2.75) is 83.2 Å². The first-order chi connectivity index (χ1) is 16.1. The fourth-order valence-corrected chi connectivity index (χ4v) is 6.39. The van der Waals surface area contributed by atoms with Gasteiger partial charge in [-0.2, -0.15) is 0 Å². The molecule has 8 nitrogen and oxygen atoms in total. The van der Waals surface area contributed by atoms with Crippen LogP contribution in [-0.4, -0.2) is 81.8 Å². The number of carbonyl (C=O) groups is 3. The molecule has 1 N–H and O–H groups in total. The van der Waals surface area contributed by atoms with E-state index in [4.69, 9.17) is 9.47 Å². The zero-order valence-corrected chi connectivity index (χ0v) is 20.9. The lowest BCUT2D eigenvalue weighted by Gasteiger charge is -2.42. The Kier molecular flexibility index (Phi) is 6.68. The van der Waals surface area contributed by atoms with E-state index < -0.39 is 41.1 Å². The van der Waals surface area contributed by atoms with Gasteiger partial charge in [0, 0.05) is 12.6 Å². The highest BCUT2D eigenvalue weighted by atomic mass is 16.6. The summed E-state index contributed by atoms with van der Waals surface area (Å²) in [6.07, 6.45) is 9.82. The standard InChI is InChI=1S/C26H38N2O6/c1-6-10-17(4)27-13-9-12-26-19(20-24(32)33-14-8-7-11-25(20,5)34-26)22(30)28(21(26)23(27)31)18(15-29)16(2)3/h7,9,11-12,16-21,29H,6,8,10,13-15H2,1-5H3/t17?,18-,19-,20-,21?,25+,26-/m0/s1. The summed E-state index contributed by atoms with van der Waals surface area (Å²) < 4.78 is 12.2. The van der Waals surface area contributed by atoms with E-state index in [9.17, 15) is 19.5 Å². The summed E-state index contributed by atoms with van der Waals surface area (Å²) in [6, 6.07) is -1.56. The number of rotatable bonds is 6. The van der Waals surface area contributed by atoms with E-state index in [1.165, 1.54) is 4.90 Å². The fourth-order valence-electron chi connectivity index (χ4n) is 6.39. The summed E-state index contributed by atoms with van der Waals surface area (Å²) in [6.45, 7) is 10.1. The van der Waals surface area contributed by atoms with Crippen LogP contribution in [0.1, 0.15) is 53.9 Å². The van der Waals surface area contributed by atoms with Gasteiger partial charge in [0.2, 0.25) is 11.8 Å². The maximum absolute atomic E-state index is 14.2. The van der Waals surface area contributed by atoms with Gasteiger partial charge in [-0.15, -0.1) is 0 Å². The van der Waals surface area contributed by atoms with Crippen molar-refractivity contribution >= 4 is 17.8 Å². The molecule has 1 spiro atoms. The molecule has 34 heavy (non-hydrogen) atoms. The van der Waals surface area contributed by atoms with Crippen molar-refractivity contribution in [2.24, 2.45) is 17.8 Å². The third kappa shape index (κ3) is 3.61. The lowest BCUT2D eigenvalue weighted by atomic mass is 9.74. The Morgan fingerprint density at radius 3 is 2.50 bits per heavy atom. The molecule has 188 valence electrons. The van der Waals surface area contributed by atoms with Crippen LogP contribution in [0, 0.1) is 17.8 Å². The Bertz CT molecular complexity index is 900. The van der Waals surface area contributed by atoms with Crippen LogP contribution in [0.3, 0.4) is 0 Å². The molecule has 0 aromatic heterocycles. The van der Waals surface area contributed by atoms with Crippen LogP contribution in [0.5, 0.6) is 0 Å². The lowest BCUT2D eigenvalue weighted by Crippen LogP contribution is -2.60. The molecule has 0 bridgehead atoms.